The molecule has 2 aromatic rings. The van der Waals surface area contributed by atoms with E-state index in [4.69, 9.17) is 16.0 Å². The number of benzene rings is 1. The molecule has 0 saturated heterocycles. The third-order valence-corrected chi connectivity index (χ3v) is 3.47. The monoisotopic (exact) mass is 298 g/mol. The summed E-state index contributed by atoms with van der Waals surface area (Å²) in [5, 5.41) is 8.36. The van der Waals surface area contributed by atoms with Gasteiger partial charge in [-0.3, -0.25) is 4.79 Å². The molecule has 2 rings (SSSR count). The summed E-state index contributed by atoms with van der Waals surface area (Å²) in [5.41, 5.74) is 0.773. The Hall–Kier alpha value is -1.53. The molecule has 0 N–H and O–H groups in total. The maximum absolute atomic E-state index is 11.3. The lowest BCUT2D eigenvalue weighted by Gasteiger charge is -2.04. The fourth-order valence-electron chi connectivity index (χ4n) is 1.33. The minimum Gasteiger partial charge on any atom is -0.468 e. The number of esters is 1. The first-order valence-electron chi connectivity index (χ1n) is 5.44. The molecule has 0 aliphatic heterocycles. The number of thioether (sulfide) groups is 1. The molecule has 19 heavy (non-hydrogen) atoms. The average Bonchev–Trinajstić information content (AvgIpc) is 2.87. The Labute approximate surface area is 119 Å². The van der Waals surface area contributed by atoms with Crippen LogP contribution in [0.4, 0.5) is 0 Å². The number of carbonyl (C=O) groups excluding carboxylic acids is 1. The predicted molar refractivity (Wildman–Crippen MR) is 72.1 cm³/mol. The fourth-order valence-corrected chi connectivity index (χ4v) is 2.17. The number of methoxy groups -OCH3 is 1. The molecule has 0 amide bonds. The smallest absolute Gasteiger partial charge is 0.319 e. The Morgan fingerprint density at radius 3 is 2.68 bits per heavy atom. The minimum atomic E-state index is -0.400. The molecule has 0 fully saturated rings. The van der Waals surface area contributed by atoms with Gasteiger partial charge in [-0.2, -0.15) is 0 Å². The highest BCUT2D eigenvalue weighted by atomic mass is 35.5. The summed E-state index contributed by atoms with van der Waals surface area (Å²) in [6.45, 7) is 1.71. The normalized spacial score (nSPS) is 12.2. The number of hydrogen-bond acceptors (Lipinski definition) is 6. The van der Waals surface area contributed by atoms with Crippen LogP contribution in [0, 0.1) is 0 Å². The summed E-state index contributed by atoms with van der Waals surface area (Å²) in [6, 6.07) is 7.05. The van der Waals surface area contributed by atoms with Gasteiger partial charge in [0.2, 0.25) is 5.89 Å². The Morgan fingerprint density at radius 1 is 1.37 bits per heavy atom. The van der Waals surface area contributed by atoms with Crippen molar-refractivity contribution in [3.8, 4) is 11.5 Å². The summed E-state index contributed by atoms with van der Waals surface area (Å²) in [7, 11) is 1.34. The molecule has 0 bridgehead atoms. The molecule has 1 aromatic heterocycles. The second kappa shape index (κ2) is 6.08. The van der Waals surface area contributed by atoms with Crippen LogP contribution < -0.4 is 0 Å². The minimum absolute atomic E-state index is 0.322. The zero-order valence-corrected chi connectivity index (χ0v) is 11.9. The van der Waals surface area contributed by atoms with Crippen LogP contribution in [-0.4, -0.2) is 28.5 Å². The third-order valence-electron chi connectivity index (χ3n) is 2.31. The molecule has 1 heterocycles. The van der Waals surface area contributed by atoms with Crippen molar-refractivity contribution in [2.75, 3.05) is 7.11 Å². The lowest BCUT2D eigenvalue weighted by atomic mass is 10.2. The molecule has 1 aromatic carbocycles. The first-order chi connectivity index (χ1) is 9.10. The molecule has 0 aliphatic rings. The van der Waals surface area contributed by atoms with Crippen LogP contribution in [0.2, 0.25) is 5.02 Å². The SMILES string of the molecule is COC(=O)[C@@H](C)Sc1nnc(-c2ccc(Cl)cc2)o1. The van der Waals surface area contributed by atoms with Crippen LogP contribution in [0.5, 0.6) is 0 Å². The first kappa shape index (κ1) is 13.9. The summed E-state index contributed by atoms with van der Waals surface area (Å²) in [4.78, 5) is 11.3. The molecule has 0 spiro atoms. The lowest BCUT2D eigenvalue weighted by molar-refractivity contribution is -0.139. The Bertz CT molecular complexity index is 571. The van der Waals surface area contributed by atoms with Crippen molar-refractivity contribution in [1.29, 1.82) is 0 Å². The van der Waals surface area contributed by atoms with E-state index in [0.29, 0.717) is 16.1 Å². The second-order valence-corrected chi connectivity index (χ2v) is 5.39. The van der Waals surface area contributed by atoms with Crippen LogP contribution in [0.15, 0.2) is 33.9 Å². The summed E-state index contributed by atoms with van der Waals surface area (Å²) >= 11 is 6.96. The number of rotatable bonds is 4. The highest BCUT2D eigenvalue weighted by Crippen LogP contribution is 2.27. The second-order valence-electron chi connectivity index (χ2n) is 3.66. The van der Waals surface area contributed by atoms with Crippen LogP contribution in [0.25, 0.3) is 11.5 Å². The molecule has 100 valence electrons. The zero-order chi connectivity index (χ0) is 13.8. The van der Waals surface area contributed by atoms with E-state index in [9.17, 15) is 4.79 Å². The fraction of sp³-hybridized carbons (Fsp3) is 0.250. The van der Waals surface area contributed by atoms with Gasteiger partial charge in [-0.25, -0.2) is 0 Å². The van der Waals surface area contributed by atoms with E-state index in [2.05, 4.69) is 14.9 Å². The molecular formula is C12H11ClN2O3S. The number of nitrogens with zero attached hydrogens (tertiary/aromatic N) is 2. The van der Waals surface area contributed by atoms with Gasteiger partial charge >= 0.3 is 5.97 Å². The lowest BCUT2D eigenvalue weighted by Crippen LogP contribution is -2.14. The quantitative estimate of drug-likeness (QED) is 0.638. The van der Waals surface area contributed by atoms with Gasteiger partial charge in [0, 0.05) is 10.6 Å². The van der Waals surface area contributed by atoms with Crippen LogP contribution in [0.1, 0.15) is 6.92 Å². The number of carbonyl (C=O) groups is 1. The average molecular weight is 299 g/mol. The number of hydrogen-bond donors (Lipinski definition) is 0. The van der Waals surface area contributed by atoms with Crippen molar-refractivity contribution in [2.24, 2.45) is 0 Å². The number of ether oxygens (including phenoxy) is 1. The standard InChI is InChI=1S/C12H11ClN2O3S/c1-7(11(16)17-2)19-12-15-14-10(18-12)8-3-5-9(13)6-4-8/h3-7H,1-2H3/t7-/m1/s1. The largest absolute Gasteiger partial charge is 0.468 e. The van der Waals surface area contributed by atoms with Gasteiger partial charge in [-0.05, 0) is 31.2 Å². The van der Waals surface area contributed by atoms with Gasteiger partial charge in [0.05, 0.1) is 7.11 Å². The van der Waals surface area contributed by atoms with Crippen LogP contribution in [-0.2, 0) is 9.53 Å². The third kappa shape index (κ3) is 3.48. The van der Waals surface area contributed by atoms with Gasteiger partial charge in [0.25, 0.3) is 5.22 Å². The maximum Gasteiger partial charge on any atom is 0.319 e. The number of aromatic nitrogens is 2. The summed E-state index contributed by atoms with van der Waals surface area (Å²) in [5.74, 6) is 0.0486. The van der Waals surface area contributed by atoms with Gasteiger partial charge in [0.15, 0.2) is 0 Å². The van der Waals surface area contributed by atoms with Crippen molar-refractivity contribution in [3.05, 3.63) is 29.3 Å². The highest BCUT2D eigenvalue weighted by Gasteiger charge is 2.18. The van der Waals surface area contributed by atoms with Crippen LogP contribution in [0.3, 0.4) is 0 Å². The zero-order valence-electron chi connectivity index (χ0n) is 10.3. The molecule has 0 unspecified atom stereocenters. The maximum atomic E-state index is 11.3. The van der Waals surface area contributed by atoms with Crippen molar-refractivity contribution in [2.45, 2.75) is 17.4 Å². The summed E-state index contributed by atoms with van der Waals surface area (Å²) in [6.07, 6.45) is 0. The Morgan fingerprint density at radius 2 is 2.05 bits per heavy atom. The van der Waals surface area contributed by atoms with Gasteiger partial charge in [-0.1, -0.05) is 23.4 Å². The van der Waals surface area contributed by atoms with Crippen molar-refractivity contribution in [1.82, 2.24) is 10.2 Å². The highest BCUT2D eigenvalue weighted by molar-refractivity contribution is 8.00. The predicted octanol–water partition coefficient (Wildman–Crippen LogP) is 3.04. The van der Waals surface area contributed by atoms with E-state index in [0.717, 1.165) is 17.3 Å². The van der Waals surface area contributed by atoms with E-state index in [1.165, 1.54) is 7.11 Å². The Balaban J connectivity index is 2.11. The van der Waals surface area contributed by atoms with Gasteiger partial charge in [0.1, 0.15) is 5.25 Å². The van der Waals surface area contributed by atoms with E-state index in [1.807, 2.05) is 0 Å². The molecule has 0 radical (unpaired) electrons. The molecule has 5 nitrogen and oxygen atoms in total. The molecule has 0 saturated carbocycles. The van der Waals surface area contributed by atoms with E-state index >= 15 is 0 Å². The molecule has 1 atom stereocenters. The van der Waals surface area contributed by atoms with Crippen molar-refractivity contribution in [3.63, 3.8) is 0 Å². The number of halogens is 1. The van der Waals surface area contributed by atoms with E-state index in [-0.39, 0.29) is 5.97 Å². The molecular weight excluding hydrogens is 288 g/mol. The van der Waals surface area contributed by atoms with Crippen LogP contribution >= 0.6 is 23.4 Å². The first-order valence-corrected chi connectivity index (χ1v) is 6.70. The van der Waals surface area contributed by atoms with Gasteiger partial charge in [-0.15, -0.1) is 10.2 Å². The van der Waals surface area contributed by atoms with Crippen molar-refractivity contribution >= 4 is 29.3 Å². The summed E-state index contributed by atoms with van der Waals surface area (Å²) < 4.78 is 10.1. The molecule has 7 heteroatoms. The topological polar surface area (TPSA) is 65.2 Å². The van der Waals surface area contributed by atoms with E-state index < -0.39 is 5.25 Å². The van der Waals surface area contributed by atoms with E-state index in [1.54, 1.807) is 31.2 Å². The molecule has 0 aliphatic carbocycles. The van der Waals surface area contributed by atoms with Gasteiger partial charge < -0.3 is 9.15 Å². The van der Waals surface area contributed by atoms with Crippen molar-refractivity contribution < 1.29 is 13.9 Å². The Kier molecular flexibility index (Phi) is 4.44.